The molecule has 142 valence electrons. The van der Waals surface area contributed by atoms with Crippen molar-refractivity contribution in [3.8, 4) is 0 Å². The molecule has 0 spiro atoms. The van der Waals surface area contributed by atoms with Gasteiger partial charge in [-0.25, -0.2) is 4.68 Å². The molecule has 2 heterocycles. The largest absolute Gasteiger partial charge is 0.348 e. The molecule has 1 amide bonds. The monoisotopic (exact) mass is 391 g/mol. The minimum absolute atomic E-state index is 0.154. The van der Waals surface area contributed by atoms with Gasteiger partial charge in [0.25, 0.3) is 5.56 Å². The van der Waals surface area contributed by atoms with Gasteiger partial charge in [-0.15, -0.1) is 11.3 Å². The van der Waals surface area contributed by atoms with Crippen LogP contribution in [0.3, 0.4) is 0 Å². The summed E-state index contributed by atoms with van der Waals surface area (Å²) in [4.78, 5) is 26.0. The number of aryl methyl sites for hydroxylation is 1. The first-order valence-corrected chi connectivity index (χ1v) is 10.0. The molecule has 6 heteroatoms. The van der Waals surface area contributed by atoms with E-state index in [2.05, 4.69) is 10.4 Å². The van der Waals surface area contributed by atoms with E-state index < -0.39 is 6.04 Å². The van der Waals surface area contributed by atoms with Crippen molar-refractivity contribution in [1.82, 2.24) is 15.1 Å². The average Bonchev–Trinajstić information content (AvgIpc) is 3.11. The van der Waals surface area contributed by atoms with Gasteiger partial charge in [0.2, 0.25) is 5.91 Å². The van der Waals surface area contributed by atoms with Crippen LogP contribution in [0.1, 0.15) is 37.2 Å². The van der Waals surface area contributed by atoms with E-state index in [0.29, 0.717) is 5.39 Å². The van der Waals surface area contributed by atoms with Gasteiger partial charge in [0.15, 0.2) is 0 Å². The van der Waals surface area contributed by atoms with Gasteiger partial charge in [-0.1, -0.05) is 48.5 Å². The Labute approximate surface area is 166 Å². The number of aromatic nitrogens is 2. The van der Waals surface area contributed by atoms with Gasteiger partial charge < -0.3 is 5.32 Å². The maximum absolute atomic E-state index is 13.2. The van der Waals surface area contributed by atoms with Gasteiger partial charge in [0.05, 0.1) is 21.8 Å². The van der Waals surface area contributed by atoms with Gasteiger partial charge in [-0.3, -0.25) is 9.59 Å². The lowest BCUT2D eigenvalue weighted by atomic mass is 10.1. The number of carbonyl (C=O) groups is 1. The van der Waals surface area contributed by atoms with Crippen LogP contribution in [0.4, 0.5) is 0 Å². The molecule has 2 aromatic carbocycles. The normalized spacial score (nSPS) is 13.5. The molecule has 2 atom stereocenters. The van der Waals surface area contributed by atoms with Gasteiger partial charge in [-0.2, -0.15) is 5.10 Å². The van der Waals surface area contributed by atoms with Gasteiger partial charge in [-0.05, 0) is 32.4 Å². The van der Waals surface area contributed by atoms with E-state index in [-0.39, 0.29) is 17.5 Å². The summed E-state index contributed by atoms with van der Waals surface area (Å²) < 4.78 is 3.24. The first-order valence-electron chi connectivity index (χ1n) is 9.23. The second kappa shape index (κ2) is 7.20. The molecule has 0 unspecified atom stereocenters. The lowest BCUT2D eigenvalue weighted by Gasteiger charge is -2.19. The molecule has 0 bridgehead atoms. The average molecular weight is 391 g/mol. The maximum atomic E-state index is 13.2. The second-order valence-corrected chi connectivity index (χ2v) is 8.01. The third kappa shape index (κ3) is 3.10. The predicted molar refractivity (Wildman–Crippen MR) is 114 cm³/mol. The number of hydrogen-bond acceptors (Lipinski definition) is 4. The number of hydrogen-bond donors (Lipinski definition) is 1. The third-order valence-corrected chi connectivity index (χ3v) is 6.29. The molecular formula is C22H21N3O2S. The molecule has 0 aliphatic heterocycles. The highest BCUT2D eigenvalue weighted by Gasteiger charge is 2.23. The summed E-state index contributed by atoms with van der Waals surface area (Å²) in [6, 6.07) is 16.7. The maximum Gasteiger partial charge on any atom is 0.276 e. The molecule has 0 saturated heterocycles. The number of thiophene rings is 1. The summed E-state index contributed by atoms with van der Waals surface area (Å²) in [6.07, 6.45) is 0. The van der Waals surface area contributed by atoms with E-state index in [9.17, 15) is 9.59 Å². The van der Waals surface area contributed by atoms with Crippen molar-refractivity contribution >= 4 is 37.4 Å². The Morgan fingerprint density at radius 2 is 1.75 bits per heavy atom. The zero-order valence-corrected chi connectivity index (χ0v) is 16.8. The molecule has 28 heavy (non-hydrogen) atoms. The van der Waals surface area contributed by atoms with Crippen molar-refractivity contribution < 1.29 is 4.79 Å². The quantitative estimate of drug-likeness (QED) is 0.562. The Bertz CT molecular complexity index is 1230. The van der Waals surface area contributed by atoms with Crippen LogP contribution in [0, 0.1) is 6.92 Å². The molecule has 0 fully saturated rings. The summed E-state index contributed by atoms with van der Waals surface area (Å²) in [6.45, 7) is 5.52. The number of fused-ring (bicyclic) bond motifs is 3. The minimum atomic E-state index is -0.708. The number of amides is 1. The smallest absolute Gasteiger partial charge is 0.276 e. The van der Waals surface area contributed by atoms with Crippen LogP contribution in [-0.4, -0.2) is 15.7 Å². The van der Waals surface area contributed by atoms with Crippen LogP contribution in [0.15, 0.2) is 59.4 Å². The molecule has 4 aromatic rings. The van der Waals surface area contributed by atoms with Gasteiger partial charge >= 0.3 is 0 Å². The Balaban J connectivity index is 1.72. The first kappa shape index (κ1) is 18.4. The fraction of sp³-hybridized carbons (Fsp3) is 0.227. The van der Waals surface area contributed by atoms with Crippen molar-refractivity contribution in [3.05, 3.63) is 76.2 Å². The van der Waals surface area contributed by atoms with Crippen LogP contribution in [0.25, 0.3) is 20.2 Å². The topological polar surface area (TPSA) is 64.0 Å². The summed E-state index contributed by atoms with van der Waals surface area (Å²) in [7, 11) is 0. The Morgan fingerprint density at radius 3 is 2.50 bits per heavy atom. The summed E-state index contributed by atoms with van der Waals surface area (Å²) in [5, 5.41) is 8.99. The highest BCUT2D eigenvalue weighted by Crippen LogP contribution is 2.32. The summed E-state index contributed by atoms with van der Waals surface area (Å²) >= 11 is 1.56. The van der Waals surface area contributed by atoms with Crippen molar-refractivity contribution in [2.75, 3.05) is 0 Å². The third-order valence-electron chi connectivity index (χ3n) is 5.01. The van der Waals surface area contributed by atoms with Crippen LogP contribution in [-0.2, 0) is 4.79 Å². The van der Waals surface area contributed by atoms with Crippen molar-refractivity contribution in [2.45, 2.75) is 32.9 Å². The van der Waals surface area contributed by atoms with Crippen molar-refractivity contribution in [2.24, 2.45) is 0 Å². The Morgan fingerprint density at radius 1 is 1.07 bits per heavy atom. The van der Waals surface area contributed by atoms with Crippen LogP contribution in [0.2, 0.25) is 0 Å². The van der Waals surface area contributed by atoms with Crippen LogP contribution in [0.5, 0.6) is 0 Å². The van der Waals surface area contributed by atoms with Crippen molar-refractivity contribution in [1.29, 1.82) is 0 Å². The fourth-order valence-electron chi connectivity index (χ4n) is 3.41. The van der Waals surface area contributed by atoms with E-state index in [4.69, 9.17) is 0 Å². The first-order chi connectivity index (χ1) is 13.5. The number of benzene rings is 2. The molecular weight excluding hydrogens is 370 g/mol. The van der Waals surface area contributed by atoms with Gasteiger partial charge in [0, 0.05) is 10.1 Å². The van der Waals surface area contributed by atoms with E-state index in [1.807, 2.05) is 68.4 Å². The number of carbonyl (C=O) groups excluding carboxylic acids is 1. The zero-order chi connectivity index (χ0) is 19.8. The lowest BCUT2D eigenvalue weighted by molar-refractivity contribution is -0.124. The second-order valence-electron chi connectivity index (χ2n) is 6.95. The molecule has 1 N–H and O–H groups in total. The molecule has 0 aliphatic rings. The molecule has 5 nitrogen and oxygen atoms in total. The van der Waals surface area contributed by atoms with Gasteiger partial charge in [0.1, 0.15) is 6.04 Å². The van der Waals surface area contributed by atoms with E-state index >= 15 is 0 Å². The summed E-state index contributed by atoms with van der Waals surface area (Å²) in [5.74, 6) is -0.232. The molecule has 0 saturated carbocycles. The molecule has 0 radical (unpaired) electrons. The predicted octanol–water partition coefficient (Wildman–Crippen LogP) is 4.36. The highest BCUT2D eigenvalue weighted by molar-refractivity contribution is 7.26. The molecule has 0 aliphatic carbocycles. The number of rotatable bonds is 4. The SMILES string of the molecule is Cc1nn([C@@H](C)C(=O)N[C@H](C)c2ccccc2)c(=O)c2c1sc1ccccc12. The Hall–Kier alpha value is -2.99. The van der Waals surface area contributed by atoms with Crippen LogP contribution >= 0.6 is 11.3 Å². The van der Waals surface area contributed by atoms with Crippen molar-refractivity contribution in [3.63, 3.8) is 0 Å². The Kier molecular flexibility index (Phi) is 4.73. The fourth-order valence-corrected chi connectivity index (χ4v) is 4.55. The van der Waals surface area contributed by atoms with E-state index in [1.54, 1.807) is 18.3 Å². The van der Waals surface area contributed by atoms with E-state index in [1.165, 1.54) is 4.68 Å². The minimum Gasteiger partial charge on any atom is -0.348 e. The molecule has 4 rings (SSSR count). The summed E-state index contributed by atoms with van der Waals surface area (Å²) in [5.41, 5.74) is 1.54. The van der Waals surface area contributed by atoms with Crippen LogP contribution < -0.4 is 10.9 Å². The standard InChI is InChI=1S/C22H21N3O2S/c1-13(16-9-5-4-6-10-16)23-21(26)15(3)25-22(27)19-17-11-7-8-12-18(17)28-20(19)14(2)24-25/h4-13,15H,1-3H3,(H,23,26)/t13-,15+/m1/s1. The van der Waals surface area contributed by atoms with E-state index in [0.717, 1.165) is 26.0 Å². The zero-order valence-electron chi connectivity index (χ0n) is 16.0. The number of nitrogens with zero attached hydrogens (tertiary/aromatic N) is 2. The highest BCUT2D eigenvalue weighted by atomic mass is 32.1. The molecule has 2 aromatic heterocycles. The lowest BCUT2D eigenvalue weighted by Crippen LogP contribution is -2.38. The number of nitrogens with one attached hydrogen (secondary N) is 1.